The van der Waals surface area contributed by atoms with E-state index in [2.05, 4.69) is 10.4 Å². The molecule has 1 aromatic heterocycles. The predicted molar refractivity (Wildman–Crippen MR) is 127 cm³/mol. The monoisotopic (exact) mass is 523 g/mol. The number of carbonyl (C=O) groups is 2. The highest BCUT2D eigenvalue weighted by Crippen LogP contribution is 2.34. The lowest BCUT2D eigenvalue weighted by atomic mass is 10.2. The Kier molecular flexibility index (Phi) is 6.68. The van der Waals surface area contributed by atoms with Crippen LogP contribution in [-0.2, 0) is 6.18 Å². The van der Waals surface area contributed by atoms with Crippen molar-refractivity contribution in [2.45, 2.75) is 19.0 Å². The van der Waals surface area contributed by atoms with E-state index in [0.29, 0.717) is 16.8 Å². The van der Waals surface area contributed by atoms with Gasteiger partial charge in [0.15, 0.2) is 5.69 Å². The van der Waals surface area contributed by atoms with Gasteiger partial charge in [0.05, 0.1) is 21.4 Å². The summed E-state index contributed by atoms with van der Waals surface area (Å²) in [6.07, 6.45) is -4.18. The number of nitrogens with two attached hydrogens (primary N) is 1. The number of anilines is 2. The zero-order valence-corrected chi connectivity index (χ0v) is 19.4. The van der Waals surface area contributed by atoms with Gasteiger partial charge < -0.3 is 15.4 Å². The molecule has 0 atom stereocenters. The van der Waals surface area contributed by atoms with Gasteiger partial charge in [0, 0.05) is 23.9 Å². The molecule has 0 aliphatic carbocycles. The number of aromatic nitrogens is 2. The van der Waals surface area contributed by atoms with Gasteiger partial charge in [-0.3, -0.25) is 10.1 Å². The van der Waals surface area contributed by atoms with E-state index in [1.165, 1.54) is 30.3 Å². The maximum atomic E-state index is 13.3. The van der Waals surface area contributed by atoms with Crippen molar-refractivity contribution in [3.63, 3.8) is 0 Å². The minimum Gasteiger partial charge on any atom is -0.391 e. The Hall–Kier alpha value is -3.64. The molecule has 1 fully saturated rings. The van der Waals surface area contributed by atoms with Crippen molar-refractivity contribution in [1.82, 2.24) is 9.78 Å². The lowest BCUT2D eigenvalue weighted by Gasteiger charge is -2.20. The Morgan fingerprint density at radius 1 is 1.17 bits per heavy atom. The van der Waals surface area contributed by atoms with Gasteiger partial charge in [-0.05, 0) is 49.2 Å². The summed E-state index contributed by atoms with van der Waals surface area (Å²) >= 11 is 11.7. The molecule has 35 heavy (non-hydrogen) atoms. The van der Waals surface area contributed by atoms with Crippen molar-refractivity contribution in [1.29, 1.82) is 0 Å². The Morgan fingerprint density at radius 2 is 1.94 bits per heavy atom. The number of ether oxygens (including phenoxy) is 1. The number of carbonyl (C=O) groups excluding carboxylic acids is 2. The molecule has 0 spiro atoms. The second kappa shape index (κ2) is 9.55. The van der Waals surface area contributed by atoms with E-state index in [9.17, 15) is 22.8 Å². The van der Waals surface area contributed by atoms with Crippen LogP contribution in [0.3, 0.4) is 0 Å². The van der Waals surface area contributed by atoms with Gasteiger partial charge in [0.25, 0.3) is 0 Å². The summed E-state index contributed by atoms with van der Waals surface area (Å²) in [6.45, 7) is 0.732. The average Bonchev–Trinajstić information content (AvgIpc) is 3.40. The fraction of sp³-hybridized carbons (Fsp3) is 0.182. The molecule has 2 amide bonds. The molecule has 4 rings (SSSR count). The highest BCUT2D eigenvalue weighted by molar-refractivity contribution is 7.80. The van der Waals surface area contributed by atoms with Gasteiger partial charge in [0.2, 0.25) is 11.8 Å². The van der Waals surface area contributed by atoms with Gasteiger partial charge in [-0.1, -0.05) is 29.9 Å². The van der Waals surface area contributed by atoms with Crippen LogP contribution in [0.1, 0.15) is 28.9 Å². The van der Waals surface area contributed by atoms with E-state index in [1.807, 2.05) is 4.90 Å². The molecule has 2 heterocycles. The molecule has 8 nitrogen and oxygen atoms in total. The normalized spacial score (nSPS) is 13.7. The van der Waals surface area contributed by atoms with Gasteiger partial charge in [-0.15, -0.1) is 0 Å². The number of thiocarbonyl (C=S) groups is 1. The largest absolute Gasteiger partial charge is 0.435 e. The van der Waals surface area contributed by atoms with Crippen LogP contribution in [0.25, 0.3) is 5.69 Å². The summed E-state index contributed by atoms with van der Waals surface area (Å²) < 4.78 is 45.8. The topological polar surface area (TPSA) is 102 Å². The van der Waals surface area contributed by atoms with Crippen LogP contribution in [0.15, 0.2) is 48.5 Å². The Balaban J connectivity index is 1.58. The quantitative estimate of drug-likeness (QED) is 0.447. The number of rotatable bonds is 5. The van der Waals surface area contributed by atoms with E-state index in [4.69, 9.17) is 34.3 Å². The zero-order chi connectivity index (χ0) is 25.3. The summed E-state index contributed by atoms with van der Waals surface area (Å²) in [6, 6.07) is 10.7. The molecule has 0 radical (unpaired) electrons. The first-order valence-corrected chi connectivity index (χ1v) is 11.0. The SMILES string of the molecule is NC(=O)c1cccc(-n2nc(C(F)(F)F)cc2OC(=O)Nc2ccc(N3CCCC3=S)c(Cl)c2)c1. The van der Waals surface area contributed by atoms with Crippen LogP contribution >= 0.6 is 23.8 Å². The van der Waals surface area contributed by atoms with Crippen LogP contribution in [0.5, 0.6) is 5.88 Å². The van der Waals surface area contributed by atoms with Crippen LogP contribution in [0.2, 0.25) is 5.02 Å². The number of hydrogen-bond donors (Lipinski definition) is 2. The van der Waals surface area contributed by atoms with E-state index in [-0.39, 0.29) is 16.9 Å². The van der Waals surface area contributed by atoms with E-state index >= 15 is 0 Å². The van der Waals surface area contributed by atoms with Crippen LogP contribution in [0.4, 0.5) is 29.3 Å². The van der Waals surface area contributed by atoms with E-state index in [1.54, 1.807) is 12.1 Å². The van der Waals surface area contributed by atoms with Gasteiger partial charge in [-0.25, -0.2) is 4.79 Å². The number of amides is 2. The van der Waals surface area contributed by atoms with Crippen molar-refractivity contribution in [3.05, 3.63) is 64.8 Å². The predicted octanol–water partition coefficient (Wildman–Crippen LogP) is 5.18. The van der Waals surface area contributed by atoms with Gasteiger partial charge in [-0.2, -0.15) is 23.0 Å². The van der Waals surface area contributed by atoms with Crippen molar-refractivity contribution < 1.29 is 27.5 Å². The number of nitrogens with one attached hydrogen (secondary N) is 1. The molecule has 182 valence electrons. The minimum absolute atomic E-state index is 0.0357. The Labute approximate surface area is 207 Å². The lowest BCUT2D eigenvalue weighted by molar-refractivity contribution is -0.141. The van der Waals surface area contributed by atoms with Crippen LogP contribution in [-0.4, -0.2) is 33.3 Å². The lowest BCUT2D eigenvalue weighted by Crippen LogP contribution is -2.23. The first-order chi connectivity index (χ1) is 16.5. The van der Waals surface area contributed by atoms with E-state index in [0.717, 1.165) is 29.1 Å². The second-order valence-electron chi connectivity index (χ2n) is 7.52. The summed E-state index contributed by atoms with van der Waals surface area (Å²) in [7, 11) is 0. The Morgan fingerprint density at radius 3 is 2.57 bits per heavy atom. The standard InChI is InChI=1S/C22H17ClF3N5O3S/c23-15-10-13(6-7-16(15)30-8-2-5-19(30)35)28-21(33)34-18-11-17(22(24,25)26)29-31(18)14-4-1-3-12(9-14)20(27)32/h1,3-4,6-7,9-11H,2,5,8H2,(H2,27,32)(H,28,33). The van der Waals surface area contributed by atoms with Crippen molar-refractivity contribution >= 4 is 52.2 Å². The fourth-order valence-electron chi connectivity index (χ4n) is 3.50. The Bertz CT molecular complexity index is 1330. The number of hydrogen-bond acceptors (Lipinski definition) is 5. The molecule has 2 aromatic carbocycles. The second-order valence-corrected chi connectivity index (χ2v) is 8.40. The van der Waals surface area contributed by atoms with Crippen molar-refractivity contribution in [3.8, 4) is 11.6 Å². The molecule has 0 unspecified atom stereocenters. The number of nitrogens with zero attached hydrogens (tertiary/aromatic N) is 3. The average molecular weight is 524 g/mol. The molecule has 1 aliphatic heterocycles. The summed E-state index contributed by atoms with van der Waals surface area (Å²) in [5.74, 6) is -1.31. The molecular formula is C22H17ClF3N5O3S. The maximum absolute atomic E-state index is 13.3. The highest BCUT2D eigenvalue weighted by atomic mass is 35.5. The molecular weight excluding hydrogens is 507 g/mol. The fourth-order valence-corrected chi connectivity index (χ4v) is 4.11. The number of halogens is 4. The molecule has 0 saturated carbocycles. The van der Waals surface area contributed by atoms with Crippen molar-refractivity contribution in [2.24, 2.45) is 5.73 Å². The zero-order valence-electron chi connectivity index (χ0n) is 17.8. The first kappa shape index (κ1) is 24.5. The highest BCUT2D eigenvalue weighted by Gasteiger charge is 2.36. The third-order valence-corrected chi connectivity index (χ3v) is 5.83. The van der Waals surface area contributed by atoms with Crippen LogP contribution < -0.4 is 20.7 Å². The van der Waals surface area contributed by atoms with Gasteiger partial charge >= 0.3 is 12.3 Å². The van der Waals surface area contributed by atoms with E-state index < -0.39 is 29.8 Å². The molecule has 1 aliphatic rings. The minimum atomic E-state index is -4.80. The van der Waals surface area contributed by atoms with Gasteiger partial charge in [0.1, 0.15) is 0 Å². The molecule has 13 heteroatoms. The third kappa shape index (κ3) is 5.38. The smallest absolute Gasteiger partial charge is 0.391 e. The summed E-state index contributed by atoms with van der Waals surface area (Å²) in [5, 5.41) is 6.24. The number of primary amides is 1. The molecule has 1 saturated heterocycles. The summed E-state index contributed by atoms with van der Waals surface area (Å²) in [4.78, 5) is 26.6. The molecule has 3 aromatic rings. The van der Waals surface area contributed by atoms with Crippen LogP contribution in [0, 0.1) is 0 Å². The first-order valence-electron chi connectivity index (χ1n) is 10.2. The number of benzene rings is 2. The molecule has 0 bridgehead atoms. The summed E-state index contributed by atoms with van der Waals surface area (Å²) in [5.41, 5.74) is 4.97. The number of alkyl halides is 3. The third-order valence-electron chi connectivity index (χ3n) is 5.10. The molecule has 3 N–H and O–H groups in total. The van der Waals surface area contributed by atoms with Crippen molar-refractivity contribution in [2.75, 3.05) is 16.8 Å². The maximum Gasteiger partial charge on any atom is 0.435 e.